The normalized spacial score (nSPS) is 40.9. The lowest BCUT2D eigenvalue weighted by Crippen LogP contribution is -2.61. The maximum atomic E-state index is 11.0. The SMILES string of the molecule is O=C(O)CC1CSCCN1C1CN2CCC1CC2. The van der Waals surface area contributed by atoms with Crippen LogP contribution in [0.15, 0.2) is 0 Å². The molecule has 102 valence electrons. The van der Waals surface area contributed by atoms with Crippen LogP contribution in [0, 0.1) is 5.92 Å². The van der Waals surface area contributed by atoms with Gasteiger partial charge in [-0.05, 0) is 31.8 Å². The Bertz CT molecular complexity index is 318. The van der Waals surface area contributed by atoms with Crippen LogP contribution in [-0.2, 0) is 4.79 Å². The number of fused-ring (bicyclic) bond motifs is 3. The molecule has 18 heavy (non-hydrogen) atoms. The molecule has 2 atom stereocenters. The average molecular weight is 270 g/mol. The first-order chi connectivity index (χ1) is 8.74. The Morgan fingerprint density at radius 2 is 2.06 bits per heavy atom. The third-order valence-electron chi connectivity index (χ3n) is 4.73. The summed E-state index contributed by atoms with van der Waals surface area (Å²) in [5, 5.41) is 9.07. The fraction of sp³-hybridized carbons (Fsp3) is 0.923. The van der Waals surface area contributed by atoms with Crippen LogP contribution in [0.5, 0.6) is 0 Å². The Morgan fingerprint density at radius 1 is 1.28 bits per heavy atom. The summed E-state index contributed by atoms with van der Waals surface area (Å²) in [6.07, 6.45) is 2.94. The highest BCUT2D eigenvalue weighted by Gasteiger charge is 2.40. The zero-order valence-corrected chi connectivity index (χ0v) is 11.6. The molecule has 4 nitrogen and oxygen atoms in total. The molecule has 0 aromatic carbocycles. The van der Waals surface area contributed by atoms with E-state index in [9.17, 15) is 4.79 Å². The molecule has 2 unspecified atom stereocenters. The summed E-state index contributed by atoms with van der Waals surface area (Å²) in [4.78, 5) is 16.1. The molecule has 4 fully saturated rings. The van der Waals surface area contributed by atoms with Gasteiger partial charge < -0.3 is 10.0 Å². The largest absolute Gasteiger partial charge is 0.481 e. The molecule has 4 heterocycles. The van der Waals surface area contributed by atoms with Crippen LogP contribution in [0.4, 0.5) is 0 Å². The van der Waals surface area contributed by atoms with E-state index in [2.05, 4.69) is 9.80 Å². The van der Waals surface area contributed by atoms with Crippen LogP contribution in [0.1, 0.15) is 19.3 Å². The van der Waals surface area contributed by atoms with Gasteiger partial charge in [0.1, 0.15) is 0 Å². The van der Waals surface area contributed by atoms with Crippen LogP contribution in [0.2, 0.25) is 0 Å². The van der Waals surface area contributed by atoms with Gasteiger partial charge in [-0.25, -0.2) is 0 Å². The van der Waals surface area contributed by atoms with E-state index in [1.165, 1.54) is 38.2 Å². The van der Waals surface area contributed by atoms with E-state index < -0.39 is 5.97 Å². The van der Waals surface area contributed by atoms with Gasteiger partial charge in [0.15, 0.2) is 0 Å². The van der Waals surface area contributed by atoms with Crippen molar-refractivity contribution in [2.24, 2.45) is 5.92 Å². The van der Waals surface area contributed by atoms with E-state index in [4.69, 9.17) is 5.11 Å². The number of rotatable bonds is 3. The van der Waals surface area contributed by atoms with Gasteiger partial charge in [0.05, 0.1) is 6.42 Å². The molecule has 0 aromatic rings. The van der Waals surface area contributed by atoms with Crippen molar-refractivity contribution in [1.82, 2.24) is 9.80 Å². The third-order valence-corrected chi connectivity index (χ3v) is 5.82. The van der Waals surface area contributed by atoms with Crippen molar-refractivity contribution in [2.45, 2.75) is 31.3 Å². The third kappa shape index (κ3) is 2.53. The fourth-order valence-corrected chi connectivity index (χ4v) is 4.88. The number of carboxylic acids is 1. The maximum Gasteiger partial charge on any atom is 0.304 e. The molecule has 1 N–H and O–H groups in total. The Balaban J connectivity index is 1.70. The first kappa shape index (κ1) is 12.8. The van der Waals surface area contributed by atoms with Crippen LogP contribution in [0.3, 0.4) is 0 Å². The van der Waals surface area contributed by atoms with Crippen molar-refractivity contribution in [3.63, 3.8) is 0 Å². The Kier molecular flexibility index (Phi) is 3.82. The Morgan fingerprint density at radius 3 is 2.67 bits per heavy atom. The summed E-state index contributed by atoms with van der Waals surface area (Å²) in [6.45, 7) is 4.77. The summed E-state index contributed by atoms with van der Waals surface area (Å²) in [6, 6.07) is 0.879. The van der Waals surface area contributed by atoms with E-state index in [0.717, 1.165) is 18.2 Å². The lowest BCUT2D eigenvalue weighted by atomic mass is 9.82. The summed E-state index contributed by atoms with van der Waals surface area (Å²) in [7, 11) is 0. The van der Waals surface area contributed by atoms with Gasteiger partial charge in [-0.3, -0.25) is 9.69 Å². The predicted octanol–water partition coefficient (Wildman–Crippen LogP) is 0.973. The average Bonchev–Trinajstić information content (AvgIpc) is 2.40. The number of hydrogen-bond acceptors (Lipinski definition) is 4. The van der Waals surface area contributed by atoms with Crippen molar-refractivity contribution in [3.05, 3.63) is 0 Å². The summed E-state index contributed by atoms with van der Waals surface area (Å²) in [5.74, 6) is 2.33. The number of aliphatic carboxylic acids is 1. The molecule has 0 aromatic heterocycles. The van der Waals surface area contributed by atoms with E-state index in [1.54, 1.807) is 0 Å². The molecule has 4 aliphatic rings. The number of thioether (sulfide) groups is 1. The first-order valence-electron chi connectivity index (χ1n) is 7.01. The van der Waals surface area contributed by atoms with Crippen molar-refractivity contribution in [1.29, 1.82) is 0 Å². The standard InChI is InChI=1S/C13H22N2O2S/c16-13(17)7-11-9-18-6-5-15(11)12-8-14-3-1-10(12)2-4-14/h10-12H,1-9H2,(H,16,17). The Labute approximate surface area is 113 Å². The molecule has 4 saturated heterocycles. The maximum absolute atomic E-state index is 11.0. The lowest BCUT2D eigenvalue weighted by molar-refractivity contribution is -0.139. The van der Waals surface area contributed by atoms with Crippen LogP contribution in [0.25, 0.3) is 0 Å². The number of piperidine rings is 3. The monoisotopic (exact) mass is 270 g/mol. The molecule has 4 aliphatic heterocycles. The second-order valence-electron chi connectivity index (χ2n) is 5.77. The lowest BCUT2D eigenvalue weighted by Gasteiger charge is -2.52. The summed E-state index contributed by atoms with van der Waals surface area (Å²) in [5.41, 5.74) is 0. The van der Waals surface area contributed by atoms with Crippen molar-refractivity contribution >= 4 is 17.7 Å². The number of carboxylic acid groups (broad SMARTS) is 1. The molecule has 5 heteroatoms. The predicted molar refractivity (Wildman–Crippen MR) is 73.0 cm³/mol. The van der Waals surface area contributed by atoms with Gasteiger partial charge in [0.2, 0.25) is 0 Å². The van der Waals surface area contributed by atoms with E-state index in [0.29, 0.717) is 12.5 Å². The first-order valence-corrected chi connectivity index (χ1v) is 8.17. The minimum atomic E-state index is -0.645. The van der Waals surface area contributed by atoms with Crippen LogP contribution in [-0.4, -0.2) is 70.6 Å². The van der Waals surface area contributed by atoms with Crippen molar-refractivity contribution < 1.29 is 9.90 Å². The topological polar surface area (TPSA) is 43.8 Å². The minimum Gasteiger partial charge on any atom is -0.481 e. The molecule has 4 rings (SSSR count). The second kappa shape index (κ2) is 5.39. The van der Waals surface area contributed by atoms with E-state index >= 15 is 0 Å². The van der Waals surface area contributed by atoms with Gasteiger partial charge >= 0.3 is 5.97 Å². The molecule has 0 aliphatic carbocycles. The highest BCUT2D eigenvalue weighted by molar-refractivity contribution is 7.99. The van der Waals surface area contributed by atoms with E-state index in [-0.39, 0.29) is 6.04 Å². The summed E-state index contributed by atoms with van der Waals surface area (Å²) >= 11 is 1.91. The number of nitrogens with zero attached hydrogens (tertiary/aromatic N) is 2. The van der Waals surface area contributed by atoms with Crippen LogP contribution >= 0.6 is 11.8 Å². The zero-order chi connectivity index (χ0) is 12.5. The zero-order valence-electron chi connectivity index (χ0n) is 10.8. The molecule has 0 spiro atoms. The van der Waals surface area contributed by atoms with Crippen molar-refractivity contribution in [3.8, 4) is 0 Å². The smallest absolute Gasteiger partial charge is 0.304 e. The van der Waals surface area contributed by atoms with Gasteiger partial charge in [-0.15, -0.1) is 0 Å². The molecular formula is C13H22N2O2S. The van der Waals surface area contributed by atoms with Gasteiger partial charge in [-0.1, -0.05) is 0 Å². The van der Waals surface area contributed by atoms with E-state index in [1.807, 2.05) is 11.8 Å². The highest BCUT2D eigenvalue weighted by Crippen LogP contribution is 2.34. The minimum absolute atomic E-state index is 0.256. The second-order valence-corrected chi connectivity index (χ2v) is 6.92. The molecule has 2 bridgehead atoms. The molecule has 0 amide bonds. The number of hydrogen-bond donors (Lipinski definition) is 1. The van der Waals surface area contributed by atoms with Crippen LogP contribution < -0.4 is 0 Å². The highest BCUT2D eigenvalue weighted by atomic mass is 32.2. The molecular weight excluding hydrogens is 248 g/mol. The Hall–Kier alpha value is -0.260. The van der Waals surface area contributed by atoms with Gasteiger partial charge in [0.25, 0.3) is 0 Å². The quantitative estimate of drug-likeness (QED) is 0.828. The molecule has 0 radical (unpaired) electrons. The molecule has 0 saturated carbocycles. The van der Waals surface area contributed by atoms with Gasteiger partial charge in [-0.2, -0.15) is 11.8 Å². The van der Waals surface area contributed by atoms with Crippen molar-refractivity contribution in [2.75, 3.05) is 37.7 Å². The number of carbonyl (C=O) groups is 1. The summed E-state index contributed by atoms with van der Waals surface area (Å²) < 4.78 is 0. The fourth-order valence-electron chi connectivity index (χ4n) is 3.79. The van der Waals surface area contributed by atoms with Gasteiger partial charge in [0, 0.05) is 36.7 Å².